The Morgan fingerprint density at radius 3 is 2.02 bits per heavy atom. The van der Waals surface area contributed by atoms with Crippen molar-refractivity contribution in [1.29, 1.82) is 5.41 Å². The maximum Gasteiger partial charge on any atom is 0.0619 e. The molecule has 0 spiro atoms. The van der Waals surface area contributed by atoms with Gasteiger partial charge in [-0.15, -0.1) is 0 Å². The Hall–Kier alpha value is -5.73. The van der Waals surface area contributed by atoms with Gasteiger partial charge in [-0.1, -0.05) is 116 Å². The van der Waals surface area contributed by atoms with Gasteiger partial charge in [0.05, 0.1) is 11.0 Å². The average Bonchev–Trinajstić information content (AvgIpc) is 3.44. The molecule has 0 aliphatic rings. The number of nitrogens with one attached hydrogen (secondary N) is 1. The van der Waals surface area contributed by atoms with Crippen LogP contribution in [0.1, 0.15) is 19.4 Å². The van der Waals surface area contributed by atoms with Gasteiger partial charge in [0.25, 0.3) is 0 Å². The number of nitrogens with zero attached hydrogens (tertiary/aromatic N) is 1. The van der Waals surface area contributed by atoms with E-state index in [2.05, 4.69) is 145 Å². The molecule has 0 aliphatic heterocycles. The molecule has 2 nitrogen and oxygen atoms in total. The molecule has 216 valence electrons. The zero-order valence-electron chi connectivity index (χ0n) is 25.6. The summed E-state index contributed by atoms with van der Waals surface area (Å²) in [7, 11) is 0. The maximum absolute atomic E-state index is 8.14. The number of hydrogen-bond donors (Lipinski definition) is 1. The number of fused-ring (bicyclic) bond motifs is 5. The molecule has 1 heterocycles. The molecular weight excluding hydrogens is 544 g/mol. The van der Waals surface area contributed by atoms with Gasteiger partial charge in [0.1, 0.15) is 0 Å². The van der Waals surface area contributed by atoms with Gasteiger partial charge in [-0.05, 0) is 100 Å². The lowest BCUT2D eigenvalue weighted by Crippen LogP contribution is -1.95. The molecule has 0 bridgehead atoms. The Bertz CT molecular complexity index is 2300. The van der Waals surface area contributed by atoms with E-state index in [1.807, 2.05) is 26.0 Å². The predicted molar refractivity (Wildman–Crippen MR) is 194 cm³/mol. The first-order valence-electron chi connectivity index (χ1n) is 15.3. The van der Waals surface area contributed by atoms with Crippen LogP contribution in [0.3, 0.4) is 0 Å². The molecule has 0 atom stereocenters. The lowest BCUT2D eigenvalue weighted by molar-refractivity contribution is 1.19. The molecule has 0 saturated heterocycles. The zero-order valence-corrected chi connectivity index (χ0v) is 25.6. The van der Waals surface area contributed by atoms with Crippen LogP contribution in [0.4, 0.5) is 0 Å². The summed E-state index contributed by atoms with van der Waals surface area (Å²) < 4.78 is 2.40. The second kappa shape index (κ2) is 11.7. The SMILES string of the molecule is C=C(/C=C(\C=N)c1ccc2c(ccc3c4ccc(-c5cccc(-c6ccccc6)c5)cc4n(-c4ccccc4)c23)c1)/C(C)=C/C. The highest BCUT2D eigenvalue weighted by Gasteiger charge is 2.17. The Kier molecular flexibility index (Phi) is 7.33. The Labute approximate surface area is 264 Å². The molecule has 0 fully saturated rings. The standard InChI is InChI=1S/C43H34N2/c1-4-29(2)30(3)24-37(28-44)34-18-21-39-36(26-34)20-23-41-40-22-19-35(27-42(40)45(43(39)41)38-16-9-6-10-17-38)33-15-11-14-32(25-33)31-12-7-5-8-13-31/h4-28,44H,3H2,1-2H3/b29-4+,37-24+,44-28?. The van der Waals surface area contributed by atoms with Crippen molar-refractivity contribution in [2.24, 2.45) is 0 Å². The predicted octanol–water partition coefficient (Wildman–Crippen LogP) is 11.8. The number of benzene rings is 6. The van der Waals surface area contributed by atoms with Crippen LogP contribution >= 0.6 is 0 Å². The van der Waals surface area contributed by atoms with Crippen LogP contribution in [0.5, 0.6) is 0 Å². The van der Waals surface area contributed by atoms with Crippen LogP contribution in [-0.2, 0) is 0 Å². The molecule has 0 unspecified atom stereocenters. The fraction of sp³-hybridized carbons (Fsp3) is 0.0465. The van der Waals surface area contributed by atoms with Gasteiger partial charge in [-0.2, -0.15) is 0 Å². The maximum atomic E-state index is 8.14. The van der Waals surface area contributed by atoms with E-state index in [1.54, 1.807) is 0 Å². The molecule has 45 heavy (non-hydrogen) atoms. The Morgan fingerprint density at radius 1 is 0.644 bits per heavy atom. The molecule has 0 amide bonds. The first kappa shape index (κ1) is 28.1. The second-order valence-corrected chi connectivity index (χ2v) is 11.5. The Balaban J connectivity index is 1.44. The van der Waals surface area contributed by atoms with Crippen LogP contribution in [0.15, 0.2) is 163 Å². The van der Waals surface area contributed by atoms with Crippen LogP contribution in [0.2, 0.25) is 0 Å². The van der Waals surface area contributed by atoms with Gasteiger partial charge in [-0.25, -0.2) is 0 Å². The molecule has 0 radical (unpaired) electrons. The van der Waals surface area contributed by atoms with E-state index in [0.29, 0.717) is 0 Å². The van der Waals surface area contributed by atoms with Gasteiger partial charge < -0.3 is 9.98 Å². The summed E-state index contributed by atoms with van der Waals surface area (Å²) in [6, 6.07) is 47.8. The van der Waals surface area contributed by atoms with Crippen LogP contribution in [0.25, 0.3) is 66.1 Å². The topological polar surface area (TPSA) is 28.8 Å². The number of aromatic nitrogens is 1. The van der Waals surface area contributed by atoms with Gasteiger partial charge in [0.15, 0.2) is 0 Å². The van der Waals surface area contributed by atoms with E-state index in [0.717, 1.165) is 33.4 Å². The molecular formula is C43H34N2. The molecule has 6 aromatic carbocycles. The summed E-state index contributed by atoms with van der Waals surface area (Å²) in [5, 5.41) is 12.9. The van der Waals surface area contributed by atoms with Crippen molar-refractivity contribution in [3.8, 4) is 27.9 Å². The minimum Gasteiger partial charge on any atom is -0.309 e. The highest BCUT2D eigenvalue weighted by Crippen LogP contribution is 2.39. The highest BCUT2D eigenvalue weighted by atomic mass is 15.0. The molecule has 1 N–H and O–H groups in total. The largest absolute Gasteiger partial charge is 0.309 e. The lowest BCUT2D eigenvalue weighted by atomic mass is 9.97. The van der Waals surface area contributed by atoms with E-state index in [1.165, 1.54) is 55.7 Å². The molecule has 7 aromatic rings. The monoisotopic (exact) mass is 578 g/mol. The molecule has 7 rings (SSSR count). The van der Waals surface area contributed by atoms with Crippen molar-refractivity contribution in [3.05, 3.63) is 169 Å². The summed E-state index contributed by atoms with van der Waals surface area (Å²) in [5.41, 5.74) is 12.2. The average molecular weight is 579 g/mol. The molecule has 1 aromatic heterocycles. The van der Waals surface area contributed by atoms with E-state index in [-0.39, 0.29) is 0 Å². The van der Waals surface area contributed by atoms with Crippen LogP contribution < -0.4 is 0 Å². The fourth-order valence-electron chi connectivity index (χ4n) is 6.25. The summed E-state index contributed by atoms with van der Waals surface area (Å²) in [6.07, 6.45) is 5.46. The summed E-state index contributed by atoms with van der Waals surface area (Å²) in [6.45, 7) is 8.27. The molecule has 0 aliphatic carbocycles. The van der Waals surface area contributed by atoms with Crippen molar-refractivity contribution >= 4 is 44.4 Å². The third kappa shape index (κ3) is 5.11. The Morgan fingerprint density at radius 2 is 1.29 bits per heavy atom. The number of rotatable bonds is 7. The first-order valence-corrected chi connectivity index (χ1v) is 15.3. The molecule has 0 saturated carbocycles. The van der Waals surface area contributed by atoms with E-state index >= 15 is 0 Å². The zero-order chi connectivity index (χ0) is 30.9. The van der Waals surface area contributed by atoms with Gasteiger partial charge in [0, 0.05) is 28.1 Å². The number of hydrogen-bond acceptors (Lipinski definition) is 1. The van der Waals surface area contributed by atoms with Crippen molar-refractivity contribution in [1.82, 2.24) is 4.57 Å². The second-order valence-electron chi connectivity index (χ2n) is 11.5. The van der Waals surface area contributed by atoms with Crippen molar-refractivity contribution < 1.29 is 0 Å². The van der Waals surface area contributed by atoms with Gasteiger partial charge in [-0.3, -0.25) is 0 Å². The first-order chi connectivity index (χ1) is 22.1. The smallest absolute Gasteiger partial charge is 0.0619 e. The van der Waals surface area contributed by atoms with Gasteiger partial charge >= 0.3 is 0 Å². The fourth-order valence-corrected chi connectivity index (χ4v) is 6.25. The lowest BCUT2D eigenvalue weighted by Gasteiger charge is -2.12. The van der Waals surface area contributed by atoms with Gasteiger partial charge in [0.2, 0.25) is 0 Å². The van der Waals surface area contributed by atoms with E-state index in [9.17, 15) is 0 Å². The number of para-hydroxylation sites is 1. The normalized spacial score (nSPS) is 12.2. The summed E-state index contributed by atoms with van der Waals surface area (Å²) in [5.74, 6) is 0. The molecule has 2 heteroatoms. The third-order valence-electron chi connectivity index (χ3n) is 8.82. The third-order valence-corrected chi connectivity index (χ3v) is 8.82. The summed E-state index contributed by atoms with van der Waals surface area (Å²) >= 11 is 0. The van der Waals surface area contributed by atoms with Crippen LogP contribution in [0, 0.1) is 5.41 Å². The van der Waals surface area contributed by atoms with Crippen LogP contribution in [-0.4, -0.2) is 10.8 Å². The van der Waals surface area contributed by atoms with E-state index in [4.69, 9.17) is 5.41 Å². The quantitative estimate of drug-likeness (QED) is 0.144. The summed E-state index contributed by atoms with van der Waals surface area (Å²) in [4.78, 5) is 0. The minimum absolute atomic E-state index is 0.842. The van der Waals surface area contributed by atoms with Crippen molar-refractivity contribution in [2.45, 2.75) is 13.8 Å². The van der Waals surface area contributed by atoms with E-state index < -0.39 is 0 Å². The minimum atomic E-state index is 0.842. The number of allylic oxidation sites excluding steroid dienone is 5. The highest BCUT2D eigenvalue weighted by molar-refractivity contribution is 6.20. The van der Waals surface area contributed by atoms with Crippen molar-refractivity contribution in [2.75, 3.05) is 0 Å². The van der Waals surface area contributed by atoms with Crippen molar-refractivity contribution in [3.63, 3.8) is 0 Å².